The summed E-state index contributed by atoms with van der Waals surface area (Å²) in [7, 11) is -1.30. The molecule has 78 valence electrons. The topological polar surface area (TPSA) is 49.4 Å². The number of hydrogen-bond donors (Lipinski definition) is 1. The zero-order chi connectivity index (χ0) is 9.90. The third kappa shape index (κ3) is 2.65. The van der Waals surface area contributed by atoms with Crippen LogP contribution in [0.2, 0.25) is 0 Å². The molecule has 0 atom stereocenters. The molecule has 0 aromatic heterocycles. The summed E-state index contributed by atoms with van der Waals surface area (Å²) in [6, 6.07) is 0.200. The van der Waals surface area contributed by atoms with E-state index in [2.05, 4.69) is 5.32 Å². The molecule has 1 saturated heterocycles. The Morgan fingerprint density at radius 1 is 1.38 bits per heavy atom. The minimum Gasteiger partial charge on any atom is -0.317 e. The van der Waals surface area contributed by atoms with E-state index in [9.17, 15) is 8.42 Å². The molecule has 1 heterocycles. The zero-order valence-corrected chi connectivity index (χ0v) is 9.10. The first-order valence-electron chi connectivity index (χ1n) is 4.74. The summed E-state index contributed by atoms with van der Waals surface area (Å²) in [5.74, 6) is 0.202. The van der Waals surface area contributed by atoms with Gasteiger partial charge in [-0.15, -0.1) is 0 Å². The van der Waals surface area contributed by atoms with Crippen molar-refractivity contribution in [2.24, 2.45) is 0 Å². The highest BCUT2D eigenvalue weighted by molar-refractivity contribution is 7.89. The van der Waals surface area contributed by atoms with Crippen LogP contribution < -0.4 is 5.32 Å². The molecule has 0 aromatic carbocycles. The van der Waals surface area contributed by atoms with Crippen molar-refractivity contribution in [3.63, 3.8) is 0 Å². The van der Waals surface area contributed by atoms with Gasteiger partial charge in [0.1, 0.15) is 0 Å². The standard InChI is InChI=1S/C8H18N2O2S/c1-3-13(11,12)10(2)8-4-6-9-7-5-8/h8-9H,3-7H2,1-2H3. The number of nitrogens with one attached hydrogen (secondary N) is 1. The fourth-order valence-electron chi connectivity index (χ4n) is 1.60. The van der Waals surface area contributed by atoms with E-state index in [0.717, 1.165) is 25.9 Å². The van der Waals surface area contributed by atoms with E-state index >= 15 is 0 Å². The van der Waals surface area contributed by atoms with Crippen LogP contribution in [0.5, 0.6) is 0 Å². The van der Waals surface area contributed by atoms with Gasteiger partial charge in [-0.1, -0.05) is 0 Å². The number of hydrogen-bond acceptors (Lipinski definition) is 3. The Morgan fingerprint density at radius 2 is 1.92 bits per heavy atom. The second-order valence-electron chi connectivity index (χ2n) is 3.40. The monoisotopic (exact) mass is 206 g/mol. The van der Waals surface area contributed by atoms with Gasteiger partial charge in [-0.3, -0.25) is 0 Å². The van der Waals surface area contributed by atoms with Gasteiger partial charge < -0.3 is 5.32 Å². The van der Waals surface area contributed by atoms with E-state index in [1.165, 1.54) is 4.31 Å². The second kappa shape index (κ2) is 4.39. The fourth-order valence-corrected chi connectivity index (χ4v) is 2.67. The van der Waals surface area contributed by atoms with E-state index < -0.39 is 10.0 Å². The van der Waals surface area contributed by atoms with Gasteiger partial charge in [-0.2, -0.15) is 0 Å². The first kappa shape index (κ1) is 10.9. The minimum absolute atomic E-state index is 0.200. The smallest absolute Gasteiger partial charge is 0.213 e. The van der Waals surface area contributed by atoms with Crippen LogP contribution in [0.3, 0.4) is 0 Å². The predicted molar refractivity (Wildman–Crippen MR) is 53.1 cm³/mol. The normalized spacial score (nSPS) is 20.8. The van der Waals surface area contributed by atoms with Gasteiger partial charge in [-0.25, -0.2) is 12.7 Å². The molecule has 0 amide bonds. The molecule has 1 rings (SSSR count). The van der Waals surface area contributed by atoms with Gasteiger partial charge in [0.05, 0.1) is 5.75 Å². The van der Waals surface area contributed by atoms with E-state index in [4.69, 9.17) is 0 Å². The second-order valence-corrected chi connectivity index (χ2v) is 5.72. The Balaban J connectivity index is 2.60. The fraction of sp³-hybridized carbons (Fsp3) is 1.00. The van der Waals surface area contributed by atoms with Crippen molar-refractivity contribution in [1.82, 2.24) is 9.62 Å². The first-order chi connectivity index (χ1) is 6.08. The lowest BCUT2D eigenvalue weighted by Gasteiger charge is -2.30. The summed E-state index contributed by atoms with van der Waals surface area (Å²) in [4.78, 5) is 0. The number of rotatable bonds is 3. The maximum absolute atomic E-state index is 11.5. The molecule has 0 saturated carbocycles. The number of piperidine rings is 1. The zero-order valence-electron chi connectivity index (χ0n) is 8.28. The van der Waals surface area contributed by atoms with Crippen molar-refractivity contribution in [3.05, 3.63) is 0 Å². The molecule has 0 radical (unpaired) electrons. The van der Waals surface area contributed by atoms with Crippen molar-refractivity contribution in [3.8, 4) is 0 Å². The molecule has 0 spiro atoms. The number of nitrogens with zero attached hydrogens (tertiary/aromatic N) is 1. The Labute approximate surface area is 80.4 Å². The largest absolute Gasteiger partial charge is 0.317 e. The van der Waals surface area contributed by atoms with Gasteiger partial charge in [0.25, 0.3) is 0 Å². The SMILES string of the molecule is CCS(=O)(=O)N(C)C1CCNCC1. The van der Waals surface area contributed by atoms with Crippen molar-refractivity contribution >= 4 is 10.0 Å². The molecule has 0 aliphatic carbocycles. The highest BCUT2D eigenvalue weighted by Crippen LogP contribution is 2.13. The molecule has 4 nitrogen and oxygen atoms in total. The van der Waals surface area contributed by atoms with Gasteiger partial charge in [-0.05, 0) is 32.9 Å². The molecular formula is C8H18N2O2S. The highest BCUT2D eigenvalue weighted by Gasteiger charge is 2.25. The average Bonchev–Trinajstić information content (AvgIpc) is 2.18. The number of sulfonamides is 1. The van der Waals surface area contributed by atoms with Crippen molar-refractivity contribution in [2.45, 2.75) is 25.8 Å². The van der Waals surface area contributed by atoms with E-state index in [-0.39, 0.29) is 11.8 Å². The van der Waals surface area contributed by atoms with Crippen LogP contribution >= 0.6 is 0 Å². The van der Waals surface area contributed by atoms with Gasteiger partial charge in [0.15, 0.2) is 0 Å². The summed E-state index contributed by atoms with van der Waals surface area (Å²) in [5.41, 5.74) is 0. The van der Waals surface area contributed by atoms with Crippen LogP contribution in [0.1, 0.15) is 19.8 Å². The highest BCUT2D eigenvalue weighted by atomic mass is 32.2. The van der Waals surface area contributed by atoms with Crippen LogP contribution in [0.25, 0.3) is 0 Å². The molecule has 13 heavy (non-hydrogen) atoms. The first-order valence-corrected chi connectivity index (χ1v) is 6.35. The van der Waals surface area contributed by atoms with Crippen LogP contribution in [0.15, 0.2) is 0 Å². The predicted octanol–water partition coefficient (Wildman–Crippen LogP) is 0.0199. The molecule has 1 aliphatic heterocycles. The Morgan fingerprint density at radius 3 is 2.38 bits per heavy atom. The molecule has 1 N–H and O–H groups in total. The molecule has 0 bridgehead atoms. The molecule has 1 fully saturated rings. The quantitative estimate of drug-likeness (QED) is 0.708. The third-order valence-corrected chi connectivity index (χ3v) is 4.53. The molecule has 5 heteroatoms. The summed E-state index contributed by atoms with van der Waals surface area (Å²) in [5, 5.41) is 3.22. The van der Waals surface area contributed by atoms with Crippen molar-refractivity contribution in [2.75, 3.05) is 25.9 Å². The summed E-state index contributed by atoms with van der Waals surface area (Å²) in [6.45, 7) is 3.54. The molecule has 0 aromatic rings. The van der Waals surface area contributed by atoms with Gasteiger partial charge in [0, 0.05) is 13.1 Å². The average molecular weight is 206 g/mol. The summed E-state index contributed by atoms with van der Waals surface area (Å²) in [6.07, 6.45) is 1.85. The van der Waals surface area contributed by atoms with Crippen molar-refractivity contribution in [1.29, 1.82) is 0 Å². The van der Waals surface area contributed by atoms with E-state index in [1.807, 2.05) is 0 Å². The maximum Gasteiger partial charge on any atom is 0.213 e. The Kier molecular flexibility index (Phi) is 3.70. The van der Waals surface area contributed by atoms with E-state index in [1.54, 1.807) is 14.0 Å². The van der Waals surface area contributed by atoms with Crippen LogP contribution in [0, 0.1) is 0 Å². The van der Waals surface area contributed by atoms with Gasteiger partial charge in [0.2, 0.25) is 10.0 Å². The lowest BCUT2D eigenvalue weighted by Crippen LogP contribution is -2.44. The van der Waals surface area contributed by atoms with E-state index in [0.29, 0.717) is 0 Å². The summed E-state index contributed by atoms with van der Waals surface area (Å²) < 4.78 is 24.5. The Bertz CT molecular complexity index is 245. The van der Waals surface area contributed by atoms with Crippen LogP contribution in [-0.4, -0.2) is 44.7 Å². The van der Waals surface area contributed by atoms with Crippen LogP contribution in [-0.2, 0) is 10.0 Å². The maximum atomic E-state index is 11.5. The third-order valence-electron chi connectivity index (χ3n) is 2.63. The van der Waals surface area contributed by atoms with Crippen LogP contribution in [0.4, 0.5) is 0 Å². The lowest BCUT2D eigenvalue weighted by molar-refractivity contribution is 0.297. The lowest BCUT2D eigenvalue weighted by atomic mass is 10.1. The molecule has 0 unspecified atom stereocenters. The molecule has 1 aliphatic rings. The minimum atomic E-state index is -2.99. The molecular weight excluding hydrogens is 188 g/mol. The Hall–Kier alpha value is -0.130. The van der Waals surface area contributed by atoms with Crippen molar-refractivity contribution < 1.29 is 8.42 Å². The summed E-state index contributed by atoms with van der Waals surface area (Å²) >= 11 is 0. The van der Waals surface area contributed by atoms with Gasteiger partial charge >= 0.3 is 0 Å².